The Kier molecular flexibility index (Phi) is 3.51. The summed E-state index contributed by atoms with van der Waals surface area (Å²) in [5, 5.41) is 19.0. The molecular formula is C12H14BrNO3. The summed E-state index contributed by atoms with van der Waals surface area (Å²) in [5.41, 5.74) is 1.52. The maximum atomic E-state index is 11.2. The molecule has 0 bridgehead atoms. The molecule has 2 atom stereocenters. The molecule has 1 fully saturated rings. The second-order valence-electron chi connectivity index (χ2n) is 4.26. The Bertz CT molecular complexity index is 439. The van der Waals surface area contributed by atoms with E-state index in [1.807, 2.05) is 11.0 Å². The lowest BCUT2D eigenvalue weighted by Crippen LogP contribution is -2.22. The molecule has 1 aromatic carbocycles. The van der Waals surface area contributed by atoms with Crippen LogP contribution in [0.25, 0.3) is 0 Å². The Morgan fingerprint density at radius 2 is 1.94 bits per heavy atom. The molecule has 0 aromatic heterocycles. The minimum Gasteiger partial charge on any atom is -0.389 e. The van der Waals surface area contributed by atoms with E-state index in [4.69, 9.17) is 0 Å². The third-order valence-electron chi connectivity index (χ3n) is 2.95. The number of aliphatic hydroxyl groups is 2. The number of aliphatic hydroxyl groups excluding tert-OH is 2. The van der Waals surface area contributed by atoms with Gasteiger partial charge in [0.1, 0.15) is 0 Å². The largest absolute Gasteiger partial charge is 0.389 e. The van der Waals surface area contributed by atoms with Crippen LogP contribution in [0.4, 0.5) is 5.69 Å². The van der Waals surface area contributed by atoms with Gasteiger partial charge < -0.3 is 15.1 Å². The molecule has 92 valence electrons. The van der Waals surface area contributed by atoms with Crippen LogP contribution < -0.4 is 4.90 Å². The van der Waals surface area contributed by atoms with E-state index in [1.165, 1.54) is 6.92 Å². The minimum atomic E-state index is -0.714. The average Bonchev–Trinajstić information content (AvgIpc) is 2.58. The highest BCUT2D eigenvalue weighted by atomic mass is 79.9. The third kappa shape index (κ3) is 2.51. The lowest BCUT2D eigenvalue weighted by Gasteiger charge is -2.19. The van der Waals surface area contributed by atoms with Gasteiger partial charge in [0.2, 0.25) is 0 Å². The Balaban J connectivity index is 2.26. The minimum absolute atomic E-state index is 0.0127. The van der Waals surface area contributed by atoms with E-state index in [0.717, 1.165) is 10.2 Å². The first kappa shape index (κ1) is 12.5. The van der Waals surface area contributed by atoms with E-state index >= 15 is 0 Å². The van der Waals surface area contributed by atoms with Crippen molar-refractivity contribution < 1.29 is 15.0 Å². The van der Waals surface area contributed by atoms with E-state index in [1.54, 1.807) is 12.1 Å². The number of carbonyl (C=O) groups excluding carboxylic acids is 1. The molecule has 0 saturated carbocycles. The van der Waals surface area contributed by atoms with Crippen LogP contribution in [0.3, 0.4) is 0 Å². The first-order valence-corrected chi connectivity index (χ1v) is 6.20. The molecular weight excluding hydrogens is 286 g/mol. The molecule has 17 heavy (non-hydrogen) atoms. The lowest BCUT2D eigenvalue weighted by molar-refractivity contribution is 0.0572. The fraction of sp³-hybridized carbons (Fsp3) is 0.417. The number of hydrogen-bond donors (Lipinski definition) is 2. The van der Waals surface area contributed by atoms with Crippen LogP contribution in [0.15, 0.2) is 22.7 Å². The zero-order valence-electron chi connectivity index (χ0n) is 9.43. The van der Waals surface area contributed by atoms with Gasteiger partial charge in [0.25, 0.3) is 0 Å². The molecule has 2 N–H and O–H groups in total. The van der Waals surface area contributed by atoms with Crippen LogP contribution >= 0.6 is 15.9 Å². The first-order chi connectivity index (χ1) is 7.99. The molecule has 4 nitrogen and oxygen atoms in total. The first-order valence-electron chi connectivity index (χ1n) is 5.40. The van der Waals surface area contributed by atoms with Gasteiger partial charge >= 0.3 is 0 Å². The van der Waals surface area contributed by atoms with Gasteiger partial charge in [0.15, 0.2) is 5.78 Å². The van der Waals surface area contributed by atoms with E-state index in [2.05, 4.69) is 15.9 Å². The lowest BCUT2D eigenvalue weighted by atomic mass is 10.1. The van der Waals surface area contributed by atoms with Gasteiger partial charge in [-0.2, -0.15) is 0 Å². The number of hydrogen-bond acceptors (Lipinski definition) is 4. The van der Waals surface area contributed by atoms with Gasteiger partial charge in [0.05, 0.1) is 17.9 Å². The molecule has 1 aliphatic rings. The average molecular weight is 300 g/mol. The number of benzene rings is 1. The molecule has 1 heterocycles. The molecule has 0 aliphatic carbocycles. The molecule has 0 spiro atoms. The van der Waals surface area contributed by atoms with E-state index in [-0.39, 0.29) is 5.78 Å². The predicted molar refractivity (Wildman–Crippen MR) is 68.4 cm³/mol. The highest BCUT2D eigenvalue weighted by molar-refractivity contribution is 9.10. The van der Waals surface area contributed by atoms with Crippen molar-refractivity contribution in [2.24, 2.45) is 0 Å². The van der Waals surface area contributed by atoms with E-state index in [9.17, 15) is 15.0 Å². The molecule has 2 rings (SSSR count). The Hall–Kier alpha value is -0.910. The van der Waals surface area contributed by atoms with Gasteiger partial charge in [-0.05, 0) is 41.1 Å². The topological polar surface area (TPSA) is 60.8 Å². The van der Waals surface area contributed by atoms with Gasteiger partial charge in [-0.15, -0.1) is 0 Å². The summed E-state index contributed by atoms with van der Waals surface area (Å²) in [7, 11) is 0. The highest BCUT2D eigenvalue weighted by Gasteiger charge is 2.30. The van der Waals surface area contributed by atoms with Crippen LogP contribution in [0, 0.1) is 0 Å². The fourth-order valence-electron chi connectivity index (χ4n) is 1.95. The number of Topliss-reactive ketones (excluding diaryl/α,β-unsaturated/α-hetero) is 1. The summed E-state index contributed by atoms with van der Waals surface area (Å²) >= 11 is 3.41. The summed E-state index contributed by atoms with van der Waals surface area (Å²) in [6, 6.07) is 5.33. The number of carbonyl (C=O) groups is 1. The molecule has 0 amide bonds. The number of nitrogens with zero attached hydrogens (tertiary/aromatic N) is 1. The van der Waals surface area contributed by atoms with Crippen molar-refractivity contribution in [3.05, 3.63) is 28.2 Å². The van der Waals surface area contributed by atoms with Crippen molar-refractivity contribution >= 4 is 27.4 Å². The number of ketones is 1. The van der Waals surface area contributed by atoms with E-state index in [0.29, 0.717) is 18.7 Å². The van der Waals surface area contributed by atoms with Crippen molar-refractivity contribution in [3.8, 4) is 0 Å². The molecule has 2 unspecified atom stereocenters. The van der Waals surface area contributed by atoms with Gasteiger partial charge in [-0.3, -0.25) is 4.79 Å². The maximum Gasteiger partial charge on any atom is 0.159 e. The quantitative estimate of drug-likeness (QED) is 0.806. The monoisotopic (exact) mass is 299 g/mol. The standard InChI is InChI=1S/C12H14BrNO3/c1-7(15)8-2-3-10(9(13)4-8)14-5-11(16)12(17)6-14/h2-4,11-12,16-17H,5-6H2,1H3. The predicted octanol–water partition coefficient (Wildman–Crippen LogP) is 1.19. The molecule has 5 heteroatoms. The smallest absolute Gasteiger partial charge is 0.159 e. The number of β-amino-alcohol motifs (C(OH)–C–C–N with tert-alkyl or cyclic N) is 2. The van der Waals surface area contributed by atoms with Crippen molar-refractivity contribution in [2.45, 2.75) is 19.1 Å². The van der Waals surface area contributed by atoms with Crippen molar-refractivity contribution in [1.29, 1.82) is 0 Å². The maximum absolute atomic E-state index is 11.2. The fourth-order valence-corrected chi connectivity index (χ4v) is 2.58. The van der Waals surface area contributed by atoms with Crippen LogP contribution in [-0.2, 0) is 0 Å². The molecule has 1 saturated heterocycles. The summed E-state index contributed by atoms with van der Waals surface area (Å²) in [6.07, 6.45) is -1.43. The van der Waals surface area contributed by atoms with Crippen LogP contribution in [-0.4, -0.2) is 41.3 Å². The summed E-state index contributed by atoms with van der Waals surface area (Å²) < 4.78 is 0.798. The summed E-state index contributed by atoms with van der Waals surface area (Å²) in [4.78, 5) is 13.1. The zero-order valence-corrected chi connectivity index (χ0v) is 11.0. The second kappa shape index (κ2) is 4.76. The van der Waals surface area contributed by atoms with Crippen molar-refractivity contribution in [3.63, 3.8) is 0 Å². The third-order valence-corrected chi connectivity index (χ3v) is 3.59. The second-order valence-corrected chi connectivity index (χ2v) is 5.12. The van der Waals surface area contributed by atoms with Gasteiger partial charge in [0, 0.05) is 23.1 Å². The molecule has 0 radical (unpaired) electrons. The Morgan fingerprint density at radius 3 is 2.41 bits per heavy atom. The van der Waals surface area contributed by atoms with Gasteiger partial charge in [-0.1, -0.05) is 0 Å². The number of halogens is 1. The Morgan fingerprint density at radius 1 is 1.35 bits per heavy atom. The van der Waals surface area contributed by atoms with Crippen molar-refractivity contribution in [1.82, 2.24) is 0 Å². The summed E-state index contributed by atoms with van der Waals surface area (Å²) in [6.45, 7) is 2.32. The Labute approximate surface area is 108 Å². The zero-order chi connectivity index (χ0) is 12.6. The van der Waals surface area contributed by atoms with Crippen molar-refractivity contribution in [2.75, 3.05) is 18.0 Å². The molecule has 1 aromatic rings. The SMILES string of the molecule is CC(=O)c1ccc(N2CC(O)C(O)C2)c(Br)c1. The highest BCUT2D eigenvalue weighted by Crippen LogP contribution is 2.30. The van der Waals surface area contributed by atoms with Crippen LogP contribution in [0.1, 0.15) is 17.3 Å². The number of rotatable bonds is 2. The summed E-state index contributed by atoms with van der Waals surface area (Å²) in [5.74, 6) is 0.0127. The molecule has 1 aliphatic heterocycles. The van der Waals surface area contributed by atoms with Crippen LogP contribution in [0.2, 0.25) is 0 Å². The number of anilines is 1. The van der Waals surface area contributed by atoms with Crippen LogP contribution in [0.5, 0.6) is 0 Å². The normalized spacial score (nSPS) is 24.1. The van der Waals surface area contributed by atoms with Gasteiger partial charge in [-0.25, -0.2) is 0 Å². The van der Waals surface area contributed by atoms with E-state index < -0.39 is 12.2 Å².